The van der Waals surface area contributed by atoms with Crippen LogP contribution in [0.4, 0.5) is 0 Å². The molecule has 0 spiro atoms. The van der Waals surface area contributed by atoms with Gasteiger partial charge in [-0.05, 0) is 48.9 Å². The zero-order valence-electron chi connectivity index (χ0n) is 11.7. The number of benzene rings is 1. The van der Waals surface area contributed by atoms with Gasteiger partial charge in [-0.1, -0.05) is 6.07 Å². The Hall–Kier alpha value is -1.88. The molecule has 6 nitrogen and oxygen atoms in total. The van der Waals surface area contributed by atoms with Gasteiger partial charge in [0.25, 0.3) is 0 Å². The highest BCUT2D eigenvalue weighted by Crippen LogP contribution is 2.38. The summed E-state index contributed by atoms with van der Waals surface area (Å²) in [5.41, 5.74) is 4.31. The van der Waals surface area contributed by atoms with Crippen LogP contribution in [0.25, 0.3) is 22.4 Å². The fourth-order valence-corrected chi connectivity index (χ4v) is 3.83. The Bertz CT molecular complexity index is 906. The molecule has 2 aromatic heterocycles. The van der Waals surface area contributed by atoms with Gasteiger partial charge in [0.05, 0.1) is 22.9 Å². The first-order valence-electron chi connectivity index (χ1n) is 7.18. The van der Waals surface area contributed by atoms with Crippen molar-refractivity contribution < 1.29 is 18.8 Å². The largest absolute Gasteiger partial charge is 0.456 e. The van der Waals surface area contributed by atoms with Gasteiger partial charge in [-0.15, -0.1) is 0 Å². The lowest BCUT2D eigenvalue weighted by atomic mass is 9.91. The first kappa shape index (κ1) is 13.8. The summed E-state index contributed by atoms with van der Waals surface area (Å²) in [5.74, 6) is 0.432. The van der Waals surface area contributed by atoms with Gasteiger partial charge in [0.1, 0.15) is 5.82 Å². The molecule has 114 valence electrons. The molecule has 7 heteroatoms. The summed E-state index contributed by atoms with van der Waals surface area (Å²) < 4.78 is 16.5. The summed E-state index contributed by atoms with van der Waals surface area (Å²) in [6, 6.07) is 5.61. The molecule has 22 heavy (non-hydrogen) atoms. The minimum Gasteiger partial charge on any atom is -0.456 e. The second kappa shape index (κ2) is 4.81. The van der Waals surface area contributed by atoms with Crippen LogP contribution in [0.2, 0.25) is 0 Å². The van der Waals surface area contributed by atoms with Gasteiger partial charge in [0, 0.05) is 0 Å². The van der Waals surface area contributed by atoms with E-state index in [1.54, 1.807) is 0 Å². The molecule has 0 unspecified atom stereocenters. The Morgan fingerprint density at radius 1 is 1.18 bits per heavy atom. The van der Waals surface area contributed by atoms with Gasteiger partial charge in [-0.2, -0.15) is 0 Å². The van der Waals surface area contributed by atoms with Crippen LogP contribution in [0.1, 0.15) is 24.0 Å². The topological polar surface area (TPSA) is 99.3 Å². The monoisotopic (exact) mass is 318 g/mol. The quantitative estimate of drug-likeness (QED) is 0.630. The number of fused-ring (bicyclic) bond motifs is 3. The normalized spacial score (nSPS) is 15.2. The second-order valence-electron chi connectivity index (χ2n) is 5.58. The lowest BCUT2D eigenvalue weighted by molar-refractivity contribution is 0.377. The average molecular weight is 318 g/mol. The number of nitrogens with one attached hydrogen (secondary N) is 1. The number of aromatic nitrogens is 2. The van der Waals surface area contributed by atoms with E-state index in [2.05, 4.69) is 16.0 Å². The van der Waals surface area contributed by atoms with Crippen LogP contribution >= 0.6 is 7.60 Å². The number of rotatable bonds is 2. The molecule has 3 aromatic rings. The lowest BCUT2D eigenvalue weighted by Gasteiger charge is -2.15. The van der Waals surface area contributed by atoms with E-state index in [0.717, 1.165) is 30.3 Å². The molecule has 0 amide bonds. The Morgan fingerprint density at radius 2 is 2.00 bits per heavy atom. The van der Waals surface area contributed by atoms with E-state index in [4.69, 9.17) is 4.42 Å². The van der Waals surface area contributed by atoms with Gasteiger partial charge in [0.15, 0.2) is 0 Å². The summed E-state index contributed by atoms with van der Waals surface area (Å²) in [6.07, 6.45) is 5.67. The van der Waals surface area contributed by atoms with Crippen molar-refractivity contribution in [1.82, 2.24) is 9.97 Å². The summed E-state index contributed by atoms with van der Waals surface area (Å²) in [7, 11) is -4.47. The molecular formula is C15H15N2O4P. The van der Waals surface area contributed by atoms with Crippen LogP contribution in [0.5, 0.6) is 0 Å². The minimum atomic E-state index is -4.47. The predicted molar refractivity (Wildman–Crippen MR) is 82.1 cm³/mol. The summed E-state index contributed by atoms with van der Waals surface area (Å²) in [4.78, 5) is 26.5. The number of aromatic amines is 1. The first-order chi connectivity index (χ1) is 10.5. The summed E-state index contributed by atoms with van der Waals surface area (Å²) in [5, 5.41) is 0. The number of imidazole rings is 1. The fraction of sp³-hybridized carbons (Fsp3) is 0.267. The maximum Gasteiger partial charge on any atom is 0.391 e. The highest BCUT2D eigenvalue weighted by molar-refractivity contribution is 7.60. The van der Waals surface area contributed by atoms with E-state index in [9.17, 15) is 14.4 Å². The SMILES string of the molecule is O=P(O)(O)c1occc1-c1nc2c3c(ccc2[nH]1)CCCC3. The van der Waals surface area contributed by atoms with E-state index in [1.165, 1.54) is 29.9 Å². The molecule has 0 fully saturated rings. The predicted octanol–water partition coefficient (Wildman–Crippen LogP) is 2.50. The highest BCUT2D eigenvalue weighted by Gasteiger charge is 2.28. The average Bonchev–Trinajstić information content (AvgIpc) is 3.13. The Labute approximate surface area is 126 Å². The van der Waals surface area contributed by atoms with E-state index in [0.29, 0.717) is 11.4 Å². The molecule has 1 aliphatic rings. The van der Waals surface area contributed by atoms with Crippen molar-refractivity contribution in [2.45, 2.75) is 25.7 Å². The smallest absolute Gasteiger partial charge is 0.391 e. The molecule has 4 rings (SSSR count). The maximum atomic E-state index is 11.5. The van der Waals surface area contributed by atoms with Gasteiger partial charge in [0.2, 0.25) is 5.50 Å². The molecule has 1 aliphatic carbocycles. The van der Waals surface area contributed by atoms with Crippen LogP contribution in [0.15, 0.2) is 28.9 Å². The molecule has 0 radical (unpaired) electrons. The van der Waals surface area contributed by atoms with Gasteiger partial charge >= 0.3 is 7.60 Å². The molecule has 1 aromatic carbocycles. The van der Waals surface area contributed by atoms with Crippen LogP contribution in [0, 0.1) is 0 Å². The van der Waals surface area contributed by atoms with Crippen molar-refractivity contribution in [3.8, 4) is 11.4 Å². The van der Waals surface area contributed by atoms with E-state index in [1.807, 2.05) is 6.07 Å². The standard InChI is InChI=1S/C15H15N2O4P/c18-22(19,20)15-11(7-8-21-15)14-16-12-6-5-9-3-1-2-4-10(9)13(12)17-14/h5-8H,1-4H2,(H,16,17)(H2,18,19,20). The summed E-state index contributed by atoms with van der Waals surface area (Å²) >= 11 is 0. The molecular weight excluding hydrogens is 303 g/mol. The van der Waals surface area contributed by atoms with E-state index in [-0.39, 0.29) is 5.50 Å². The first-order valence-corrected chi connectivity index (χ1v) is 8.80. The maximum absolute atomic E-state index is 11.5. The number of H-pyrrole nitrogens is 1. The van der Waals surface area contributed by atoms with Crippen molar-refractivity contribution >= 4 is 24.1 Å². The van der Waals surface area contributed by atoms with Crippen LogP contribution < -0.4 is 5.50 Å². The van der Waals surface area contributed by atoms with Gasteiger partial charge in [-0.25, -0.2) is 4.98 Å². The van der Waals surface area contributed by atoms with Crippen LogP contribution in [-0.4, -0.2) is 19.8 Å². The molecule has 0 aliphatic heterocycles. The number of nitrogens with zero attached hydrogens (tertiary/aromatic N) is 1. The molecule has 0 atom stereocenters. The van der Waals surface area contributed by atoms with Crippen LogP contribution in [0.3, 0.4) is 0 Å². The minimum absolute atomic E-state index is 0.314. The van der Waals surface area contributed by atoms with E-state index < -0.39 is 7.60 Å². The third-order valence-electron chi connectivity index (χ3n) is 4.14. The van der Waals surface area contributed by atoms with Crippen molar-refractivity contribution in [2.24, 2.45) is 0 Å². The molecule has 0 saturated carbocycles. The second-order valence-corrected chi connectivity index (χ2v) is 7.07. The molecule has 0 saturated heterocycles. The molecule has 3 N–H and O–H groups in total. The third-order valence-corrected chi connectivity index (χ3v) is 5.02. The number of furan rings is 1. The van der Waals surface area contributed by atoms with Crippen molar-refractivity contribution in [3.05, 3.63) is 35.6 Å². The Kier molecular flexibility index (Phi) is 3.01. The zero-order chi connectivity index (χ0) is 15.3. The number of aryl methyl sites for hydroxylation is 2. The van der Waals surface area contributed by atoms with Gasteiger partial charge in [-0.3, -0.25) is 4.57 Å². The summed E-state index contributed by atoms with van der Waals surface area (Å²) in [6.45, 7) is 0. The highest BCUT2D eigenvalue weighted by atomic mass is 31.2. The number of hydrogen-bond donors (Lipinski definition) is 3. The Morgan fingerprint density at radius 3 is 2.82 bits per heavy atom. The van der Waals surface area contributed by atoms with Crippen molar-refractivity contribution in [2.75, 3.05) is 0 Å². The molecule has 2 heterocycles. The fourth-order valence-electron chi connectivity index (χ4n) is 3.14. The van der Waals surface area contributed by atoms with Crippen molar-refractivity contribution in [1.29, 1.82) is 0 Å². The van der Waals surface area contributed by atoms with Gasteiger partial charge < -0.3 is 19.2 Å². The third kappa shape index (κ3) is 2.11. The van der Waals surface area contributed by atoms with Crippen molar-refractivity contribution in [3.63, 3.8) is 0 Å². The Balaban J connectivity index is 1.91. The molecule has 0 bridgehead atoms. The van der Waals surface area contributed by atoms with E-state index >= 15 is 0 Å². The number of hydrogen-bond acceptors (Lipinski definition) is 3. The van der Waals surface area contributed by atoms with Crippen LogP contribution in [-0.2, 0) is 17.4 Å². The lowest BCUT2D eigenvalue weighted by Crippen LogP contribution is -2.04. The zero-order valence-corrected chi connectivity index (χ0v) is 12.6.